The lowest BCUT2D eigenvalue weighted by Crippen LogP contribution is -2.54. The Balaban J connectivity index is 1.64. The van der Waals surface area contributed by atoms with Gasteiger partial charge in [0, 0.05) is 37.8 Å². The maximum absolute atomic E-state index is 13.2. The molecule has 0 unspecified atom stereocenters. The molecule has 3 fully saturated rings. The van der Waals surface area contributed by atoms with Gasteiger partial charge in [0.2, 0.25) is 11.8 Å². The molecule has 4 nitrogen and oxygen atoms in total. The van der Waals surface area contributed by atoms with Gasteiger partial charge in [0.25, 0.3) is 0 Å². The Morgan fingerprint density at radius 3 is 2.70 bits per heavy atom. The predicted octanol–water partition coefficient (Wildman–Crippen LogP) is 2.91. The number of rotatable bonds is 4. The van der Waals surface area contributed by atoms with Gasteiger partial charge in [-0.2, -0.15) is 11.8 Å². The highest BCUT2D eigenvalue weighted by Crippen LogP contribution is 2.42. The van der Waals surface area contributed by atoms with Gasteiger partial charge in [0.1, 0.15) is 0 Å². The highest BCUT2D eigenvalue weighted by Gasteiger charge is 2.50. The first kappa shape index (κ1) is 17.1. The molecule has 2 heterocycles. The van der Waals surface area contributed by atoms with Crippen LogP contribution in [0.4, 0.5) is 0 Å². The van der Waals surface area contributed by atoms with Crippen molar-refractivity contribution in [3.8, 4) is 0 Å². The SMILES string of the molecule is CSCCC(=O)N1CC[C@]2(CCCN(C3CCCCC3)C2=O)C1. The van der Waals surface area contributed by atoms with Crippen LogP contribution < -0.4 is 0 Å². The molecule has 1 aliphatic carbocycles. The van der Waals surface area contributed by atoms with E-state index < -0.39 is 0 Å². The summed E-state index contributed by atoms with van der Waals surface area (Å²) in [5, 5.41) is 0. The highest BCUT2D eigenvalue weighted by atomic mass is 32.2. The lowest BCUT2D eigenvalue weighted by Gasteiger charge is -2.44. The van der Waals surface area contributed by atoms with Crippen molar-refractivity contribution in [1.82, 2.24) is 9.80 Å². The third-order valence-electron chi connectivity index (χ3n) is 6.01. The Labute approximate surface area is 144 Å². The van der Waals surface area contributed by atoms with Gasteiger partial charge in [0.05, 0.1) is 5.41 Å². The van der Waals surface area contributed by atoms with Gasteiger partial charge in [-0.3, -0.25) is 9.59 Å². The number of hydrogen-bond donors (Lipinski definition) is 0. The Hall–Kier alpha value is -0.710. The van der Waals surface area contributed by atoms with E-state index in [1.807, 2.05) is 11.2 Å². The third-order valence-corrected chi connectivity index (χ3v) is 6.62. The monoisotopic (exact) mass is 338 g/mol. The molecule has 3 rings (SSSR count). The fourth-order valence-corrected chi connectivity index (χ4v) is 5.03. The number of thioether (sulfide) groups is 1. The van der Waals surface area contributed by atoms with E-state index in [0.29, 0.717) is 24.9 Å². The van der Waals surface area contributed by atoms with Gasteiger partial charge in [-0.1, -0.05) is 19.3 Å². The summed E-state index contributed by atoms with van der Waals surface area (Å²) in [6.45, 7) is 2.38. The third kappa shape index (κ3) is 3.54. The predicted molar refractivity (Wildman–Crippen MR) is 94.4 cm³/mol. The molecule has 2 saturated heterocycles. The lowest BCUT2D eigenvalue weighted by molar-refractivity contribution is -0.149. The largest absolute Gasteiger partial charge is 0.342 e. The van der Waals surface area contributed by atoms with E-state index in [2.05, 4.69) is 4.90 Å². The van der Waals surface area contributed by atoms with Gasteiger partial charge in [-0.15, -0.1) is 0 Å². The second-order valence-corrected chi connectivity index (χ2v) is 8.47. The first-order valence-corrected chi connectivity index (χ1v) is 10.6. The van der Waals surface area contributed by atoms with Crippen molar-refractivity contribution in [2.24, 2.45) is 5.41 Å². The molecule has 130 valence electrons. The first-order chi connectivity index (χ1) is 11.2. The molecule has 0 N–H and O–H groups in total. The number of nitrogens with zero attached hydrogens (tertiary/aromatic N) is 2. The minimum absolute atomic E-state index is 0.235. The molecule has 0 aromatic rings. The van der Waals surface area contributed by atoms with Crippen LogP contribution in [0.25, 0.3) is 0 Å². The van der Waals surface area contributed by atoms with Crippen molar-refractivity contribution in [3.05, 3.63) is 0 Å². The van der Waals surface area contributed by atoms with Gasteiger partial charge >= 0.3 is 0 Å². The summed E-state index contributed by atoms with van der Waals surface area (Å²) in [6, 6.07) is 0.467. The fourth-order valence-electron chi connectivity index (χ4n) is 4.65. The van der Waals surface area contributed by atoms with Crippen molar-refractivity contribution in [2.45, 2.75) is 63.8 Å². The molecule has 0 aromatic heterocycles. The summed E-state index contributed by atoms with van der Waals surface area (Å²) >= 11 is 1.71. The number of amides is 2. The van der Waals surface area contributed by atoms with Gasteiger partial charge in [-0.05, 0) is 38.4 Å². The second kappa shape index (κ2) is 7.45. The van der Waals surface area contributed by atoms with E-state index in [-0.39, 0.29) is 11.3 Å². The van der Waals surface area contributed by atoms with Gasteiger partial charge in [0.15, 0.2) is 0 Å². The van der Waals surface area contributed by atoms with E-state index in [9.17, 15) is 9.59 Å². The summed E-state index contributed by atoms with van der Waals surface area (Å²) in [7, 11) is 0. The van der Waals surface area contributed by atoms with Crippen LogP contribution in [-0.2, 0) is 9.59 Å². The zero-order valence-corrected chi connectivity index (χ0v) is 15.2. The van der Waals surface area contributed by atoms with Crippen molar-refractivity contribution in [3.63, 3.8) is 0 Å². The molecular weight excluding hydrogens is 308 g/mol. The Morgan fingerprint density at radius 1 is 1.17 bits per heavy atom. The molecule has 1 saturated carbocycles. The Morgan fingerprint density at radius 2 is 1.96 bits per heavy atom. The number of carbonyl (C=O) groups is 2. The van der Waals surface area contributed by atoms with Crippen LogP contribution in [0.3, 0.4) is 0 Å². The van der Waals surface area contributed by atoms with Crippen LogP contribution in [0.15, 0.2) is 0 Å². The standard InChI is InChI=1S/C18H30N2O2S/c1-23-13-8-16(21)19-12-10-18(14-19)9-5-11-20(17(18)22)15-6-3-2-4-7-15/h15H,2-14H2,1H3/t18-/m1/s1. The molecule has 0 aromatic carbocycles. The normalized spacial score (nSPS) is 29.5. The minimum Gasteiger partial charge on any atom is -0.342 e. The molecule has 2 amide bonds. The molecule has 5 heteroatoms. The van der Waals surface area contributed by atoms with Crippen LogP contribution >= 0.6 is 11.8 Å². The van der Waals surface area contributed by atoms with E-state index in [4.69, 9.17) is 0 Å². The lowest BCUT2D eigenvalue weighted by atomic mass is 9.77. The van der Waals surface area contributed by atoms with Crippen molar-refractivity contribution >= 4 is 23.6 Å². The van der Waals surface area contributed by atoms with Gasteiger partial charge < -0.3 is 9.80 Å². The van der Waals surface area contributed by atoms with Crippen LogP contribution in [-0.4, -0.2) is 59.3 Å². The topological polar surface area (TPSA) is 40.6 Å². The number of carbonyl (C=O) groups excluding carboxylic acids is 2. The quantitative estimate of drug-likeness (QED) is 0.791. The van der Waals surface area contributed by atoms with Crippen molar-refractivity contribution in [1.29, 1.82) is 0 Å². The van der Waals surface area contributed by atoms with E-state index in [1.54, 1.807) is 11.8 Å². The summed E-state index contributed by atoms with van der Waals surface area (Å²) in [5.74, 6) is 1.47. The van der Waals surface area contributed by atoms with Crippen molar-refractivity contribution in [2.75, 3.05) is 31.6 Å². The average Bonchev–Trinajstić information content (AvgIpc) is 3.01. The molecule has 2 aliphatic heterocycles. The Bertz CT molecular complexity index is 450. The fraction of sp³-hybridized carbons (Fsp3) is 0.889. The van der Waals surface area contributed by atoms with Crippen molar-refractivity contribution < 1.29 is 9.59 Å². The molecular formula is C18H30N2O2S. The van der Waals surface area contributed by atoms with E-state index >= 15 is 0 Å². The molecule has 0 bridgehead atoms. The maximum Gasteiger partial charge on any atom is 0.230 e. The summed E-state index contributed by atoms with van der Waals surface area (Å²) in [4.78, 5) is 29.7. The summed E-state index contributed by atoms with van der Waals surface area (Å²) in [6.07, 6.45) is 11.8. The van der Waals surface area contributed by atoms with Gasteiger partial charge in [-0.25, -0.2) is 0 Å². The summed E-state index contributed by atoms with van der Waals surface area (Å²) < 4.78 is 0. The van der Waals surface area contributed by atoms with Crippen LogP contribution in [0.1, 0.15) is 57.8 Å². The first-order valence-electron chi connectivity index (χ1n) is 9.24. The average molecular weight is 339 g/mol. The van der Waals surface area contributed by atoms with E-state index in [0.717, 1.165) is 38.1 Å². The molecule has 23 heavy (non-hydrogen) atoms. The zero-order valence-electron chi connectivity index (χ0n) is 14.4. The molecule has 0 radical (unpaired) electrons. The van der Waals surface area contributed by atoms with Crippen LogP contribution in [0.2, 0.25) is 0 Å². The highest BCUT2D eigenvalue weighted by molar-refractivity contribution is 7.98. The maximum atomic E-state index is 13.2. The second-order valence-electron chi connectivity index (χ2n) is 7.48. The molecule has 1 spiro atoms. The smallest absolute Gasteiger partial charge is 0.230 e. The van der Waals surface area contributed by atoms with E-state index in [1.165, 1.54) is 32.1 Å². The number of piperidine rings is 1. The summed E-state index contributed by atoms with van der Waals surface area (Å²) in [5.41, 5.74) is -0.259. The zero-order chi connectivity index (χ0) is 16.3. The molecule has 1 atom stereocenters. The van der Waals surface area contributed by atoms with Crippen LogP contribution in [0, 0.1) is 5.41 Å². The molecule has 3 aliphatic rings. The Kier molecular flexibility index (Phi) is 5.55. The number of hydrogen-bond acceptors (Lipinski definition) is 3. The van der Waals surface area contributed by atoms with Crippen LogP contribution in [0.5, 0.6) is 0 Å². The number of likely N-dealkylation sites (tertiary alicyclic amines) is 2. The minimum atomic E-state index is -0.259.